The van der Waals surface area contributed by atoms with E-state index in [2.05, 4.69) is 24.5 Å². The zero-order valence-electron chi connectivity index (χ0n) is 37.5. The van der Waals surface area contributed by atoms with E-state index in [1.54, 1.807) is 56.2 Å². The predicted molar refractivity (Wildman–Crippen MR) is 232 cm³/mol. The number of esters is 2. The van der Waals surface area contributed by atoms with E-state index in [0.29, 0.717) is 24.0 Å². The molecule has 7 atom stereocenters. The molecular weight excluding hydrogens is 811 g/mol. The quantitative estimate of drug-likeness (QED) is 0.0611. The minimum atomic E-state index is -1.40. The van der Waals surface area contributed by atoms with Gasteiger partial charge in [-0.15, -0.1) is 0 Å². The van der Waals surface area contributed by atoms with Gasteiger partial charge in [-0.2, -0.15) is 5.06 Å². The summed E-state index contributed by atoms with van der Waals surface area (Å²) in [7, 11) is 0. The fraction of sp³-hybridized carbons (Fsp3) is 0.625. The standard InChI is InChI=1S/C48H67N3O12/c1-6-8-10-21-47(22-11-9-7-2)61-39-37-28-48(45(57)49-29-33-15-13-17-35(27-33)43(55)50-36(31-53)18-19-38(54)60-46(3,4)5)41(44(56)59-37)51(63-42(48)40(39)62-47)30-34-16-12-14-32(26-34)20-24-58-25-23-52/h12-17,20,24,26-27,36-37,39-42,52-53H,6-11,18-19,21-23,25,28-31H2,1-5H3,(H,49,57)(H,50,55). The van der Waals surface area contributed by atoms with E-state index >= 15 is 4.79 Å². The molecule has 15 heteroatoms. The molecule has 3 heterocycles. The van der Waals surface area contributed by atoms with Gasteiger partial charge in [0, 0.05) is 37.8 Å². The van der Waals surface area contributed by atoms with Crippen LogP contribution in [0.4, 0.5) is 0 Å². The average molecular weight is 878 g/mol. The SMILES string of the molecule is CCCCCC1(CCCCC)OC2C3CC4(C(=O)NCc5cccc(C(=O)NC(CO)CCC(=O)OC(C)(C)C)c5)C(ON(Cc5cccc(C=COCCO)c5)C4C(=O)O3)C2O1. The maximum absolute atomic E-state index is 15.0. The summed E-state index contributed by atoms with van der Waals surface area (Å²) in [6, 6.07) is 12.7. The number of hydroxylamine groups is 2. The number of amides is 2. The minimum Gasteiger partial charge on any atom is -0.499 e. The zero-order chi connectivity index (χ0) is 45.2. The topological polar surface area (TPSA) is 191 Å². The first kappa shape index (κ1) is 48.1. The monoisotopic (exact) mass is 877 g/mol. The van der Waals surface area contributed by atoms with Crippen LogP contribution in [0.25, 0.3) is 6.08 Å². The summed E-state index contributed by atoms with van der Waals surface area (Å²) >= 11 is 0. The van der Waals surface area contributed by atoms with Gasteiger partial charge < -0.3 is 44.5 Å². The van der Waals surface area contributed by atoms with E-state index in [-0.39, 0.29) is 52.2 Å². The second kappa shape index (κ2) is 21.5. The number of hydrogen-bond donors (Lipinski definition) is 4. The molecule has 2 aromatic carbocycles. The van der Waals surface area contributed by atoms with Crippen LogP contribution in [-0.2, 0) is 56.0 Å². The Bertz CT molecular complexity index is 1910. The number of carbonyl (C=O) groups excluding carboxylic acids is 4. The molecule has 1 aliphatic carbocycles. The lowest BCUT2D eigenvalue weighted by Gasteiger charge is -2.48. The molecule has 2 aromatic rings. The number of carbonyl (C=O) groups is 4. The highest BCUT2D eigenvalue weighted by Gasteiger charge is 2.76. The van der Waals surface area contributed by atoms with Crippen LogP contribution in [-0.4, -0.2) is 107 Å². The number of nitrogens with zero attached hydrogens (tertiary/aromatic N) is 1. The molecule has 6 rings (SSSR count). The largest absolute Gasteiger partial charge is 0.499 e. The molecule has 0 radical (unpaired) electrons. The number of benzene rings is 2. The highest BCUT2D eigenvalue weighted by Crippen LogP contribution is 2.58. The first-order chi connectivity index (χ1) is 30.2. The number of aliphatic hydroxyl groups excluding tert-OH is 2. The average Bonchev–Trinajstić information content (AvgIpc) is 3.81. The summed E-state index contributed by atoms with van der Waals surface area (Å²) in [5, 5.41) is 26.5. The molecule has 15 nitrogen and oxygen atoms in total. The first-order valence-electron chi connectivity index (χ1n) is 22.7. The van der Waals surface area contributed by atoms with Gasteiger partial charge in [0.25, 0.3) is 5.91 Å². The van der Waals surface area contributed by atoms with Crippen LogP contribution in [0.15, 0.2) is 54.8 Å². The molecule has 0 aromatic heterocycles. The van der Waals surface area contributed by atoms with Crippen molar-refractivity contribution < 1.29 is 57.9 Å². The van der Waals surface area contributed by atoms with Crippen LogP contribution in [0.1, 0.15) is 132 Å². The summed E-state index contributed by atoms with van der Waals surface area (Å²) in [4.78, 5) is 61.8. The zero-order valence-corrected chi connectivity index (χ0v) is 37.5. The number of rotatable bonds is 23. The van der Waals surface area contributed by atoms with E-state index in [0.717, 1.165) is 49.7 Å². The van der Waals surface area contributed by atoms with Crippen LogP contribution in [0.2, 0.25) is 0 Å². The van der Waals surface area contributed by atoms with Gasteiger partial charge >= 0.3 is 11.9 Å². The molecule has 4 fully saturated rings. The van der Waals surface area contributed by atoms with Gasteiger partial charge in [0.05, 0.1) is 32.1 Å². The smallest absolute Gasteiger partial charge is 0.327 e. The van der Waals surface area contributed by atoms with Gasteiger partial charge in [-0.3, -0.25) is 24.0 Å². The van der Waals surface area contributed by atoms with Gasteiger partial charge in [-0.1, -0.05) is 75.9 Å². The van der Waals surface area contributed by atoms with E-state index in [9.17, 15) is 19.5 Å². The van der Waals surface area contributed by atoms with E-state index in [1.807, 2.05) is 24.3 Å². The maximum Gasteiger partial charge on any atom is 0.327 e. The Labute approximate surface area is 371 Å². The Hall–Kier alpha value is -4.38. The minimum absolute atomic E-state index is 0.0247. The molecule has 63 heavy (non-hydrogen) atoms. The lowest BCUT2D eigenvalue weighted by atomic mass is 9.62. The van der Waals surface area contributed by atoms with Crippen molar-refractivity contribution in [3.63, 3.8) is 0 Å². The van der Waals surface area contributed by atoms with Crippen molar-refractivity contribution >= 4 is 29.8 Å². The lowest BCUT2D eigenvalue weighted by molar-refractivity contribution is -0.224. The van der Waals surface area contributed by atoms with Crippen molar-refractivity contribution in [1.82, 2.24) is 15.7 Å². The van der Waals surface area contributed by atoms with E-state index < -0.39 is 77.1 Å². The van der Waals surface area contributed by atoms with Gasteiger partial charge in [0.2, 0.25) is 5.91 Å². The fourth-order valence-corrected chi connectivity index (χ4v) is 9.25. The summed E-state index contributed by atoms with van der Waals surface area (Å²) in [5.74, 6) is -2.74. The van der Waals surface area contributed by atoms with Crippen LogP contribution >= 0.6 is 0 Å². The third kappa shape index (κ3) is 11.7. The van der Waals surface area contributed by atoms with Crippen LogP contribution in [0.5, 0.6) is 0 Å². The third-order valence-corrected chi connectivity index (χ3v) is 12.2. The number of hydrogen-bond acceptors (Lipinski definition) is 13. The number of unbranched alkanes of at least 4 members (excludes halogenated alkanes) is 4. The van der Waals surface area contributed by atoms with Gasteiger partial charge in [0.1, 0.15) is 42.0 Å². The maximum atomic E-state index is 15.0. The highest BCUT2D eigenvalue weighted by atomic mass is 16.8. The molecule has 1 saturated carbocycles. The van der Waals surface area contributed by atoms with Crippen molar-refractivity contribution in [2.24, 2.45) is 5.41 Å². The van der Waals surface area contributed by atoms with Gasteiger partial charge in [-0.25, -0.2) is 0 Å². The van der Waals surface area contributed by atoms with Crippen LogP contribution in [0.3, 0.4) is 0 Å². The van der Waals surface area contributed by atoms with E-state index in [1.165, 1.54) is 6.26 Å². The molecule has 4 aliphatic rings. The van der Waals surface area contributed by atoms with Crippen molar-refractivity contribution in [2.45, 2.75) is 166 Å². The number of aliphatic hydroxyl groups is 2. The fourth-order valence-electron chi connectivity index (χ4n) is 9.25. The molecule has 7 unspecified atom stereocenters. The Morgan fingerprint density at radius 3 is 2.38 bits per heavy atom. The highest BCUT2D eigenvalue weighted by molar-refractivity contribution is 5.95. The number of ether oxygens (including phenoxy) is 5. The Morgan fingerprint density at radius 1 is 0.968 bits per heavy atom. The second-order valence-corrected chi connectivity index (χ2v) is 18.2. The summed E-state index contributed by atoms with van der Waals surface area (Å²) in [6.07, 6.45) is 7.98. The van der Waals surface area contributed by atoms with Crippen molar-refractivity contribution in [3.05, 3.63) is 77.0 Å². The van der Waals surface area contributed by atoms with Crippen molar-refractivity contribution in [3.8, 4) is 0 Å². The molecule has 4 N–H and O–H groups in total. The third-order valence-electron chi connectivity index (χ3n) is 12.2. The van der Waals surface area contributed by atoms with Gasteiger partial charge in [-0.05, 0) is 74.9 Å². The molecule has 3 aliphatic heterocycles. The molecule has 346 valence electrons. The molecule has 3 saturated heterocycles. The van der Waals surface area contributed by atoms with Crippen LogP contribution < -0.4 is 10.6 Å². The second-order valence-electron chi connectivity index (χ2n) is 18.2. The summed E-state index contributed by atoms with van der Waals surface area (Å²) in [6.45, 7) is 9.53. The Morgan fingerprint density at radius 2 is 1.68 bits per heavy atom. The van der Waals surface area contributed by atoms with Crippen LogP contribution in [0, 0.1) is 5.41 Å². The summed E-state index contributed by atoms with van der Waals surface area (Å²) < 4.78 is 30.8. The first-order valence-corrected chi connectivity index (χ1v) is 22.7. The Kier molecular flexibility index (Phi) is 16.4. The van der Waals surface area contributed by atoms with E-state index in [4.69, 9.17) is 33.6 Å². The number of fused-ring (bicyclic) bond motifs is 4. The lowest BCUT2D eigenvalue weighted by Crippen LogP contribution is -2.69. The molecule has 0 spiro atoms. The number of nitrogens with one attached hydrogen (secondary N) is 2. The Balaban J connectivity index is 1.24. The van der Waals surface area contributed by atoms with Crippen molar-refractivity contribution in [1.29, 1.82) is 0 Å². The summed E-state index contributed by atoms with van der Waals surface area (Å²) in [5.41, 5.74) is 0.548. The molecule has 2 bridgehead atoms. The van der Waals surface area contributed by atoms with Crippen molar-refractivity contribution in [2.75, 3.05) is 19.8 Å². The molecular formula is C48H67N3O12. The predicted octanol–water partition coefficient (Wildman–Crippen LogP) is 5.64. The van der Waals surface area contributed by atoms with Gasteiger partial charge in [0.15, 0.2) is 11.8 Å². The molecule has 2 amide bonds. The normalized spacial score (nSPS) is 25.3.